The van der Waals surface area contributed by atoms with Crippen molar-refractivity contribution in [3.63, 3.8) is 0 Å². The minimum absolute atomic E-state index is 0.00404. The van der Waals surface area contributed by atoms with Crippen molar-refractivity contribution in [3.05, 3.63) is 28.2 Å². The van der Waals surface area contributed by atoms with Crippen molar-refractivity contribution in [3.8, 4) is 0 Å². The van der Waals surface area contributed by atoms with Gasteiger partial charge in [-0.2, -0.15) is 0 Å². The van der Waals surface area contributed by atoms with E-state index in [9.17, 15) is 9.59 Å². The summed E-state index contributed by atoms with van der Waals surface area (Å²) in [7, 11) is 1.33. The van der Waals surface area contributed by atoms with E-state index in [0.29, 0.717) is 28.1 Å². The Balaban J connectivity index is 2.08. The second kappa shape index (κ2) is 5.52. The van der Waals surface area contributed by atoms with E-state index in [1.165, 1.54) is 7.11 Å². The van der Waals surface area contributed by atoms with Crippen LogP contribution in [0.1, 0.15) is 29.6 Å². The number of amides is 1. The summed E-state index contributed by atoms with van der Waals surface area (Å²) in [5.74, 6) is 0.108. The third kappa shape index (κ3) is 3.32. The van der Waals surface area contributed by atoms with Crippen LogP contribution in [0.25, 0.3) is 0 Å². The maximum Gasteiger partial charge on any atom is 0.339 e. The van der Waals surface area contributed by atoms with Gasteiger partial charge in [-0.05, 0) is 52.9 Å². The molecule has 0 unspecified atom stereocenters. The van der Waals surface area contributed by atoms with Gasteiger partial charge in [0.15, 0.2) is 0 Å². The van der Waals surface area contributed by atoms with E-state index in [0.717, 1.165) is 12.8 Å². The van der Waals surface area contributed by atoms with E-state index >= 15 is 0 Å². The van der Waals surface area contributed by atoms with Gasteiger partial charge < -0.3 is 10.1 Å². The smallest absolute Gasteiger partial charge is 0.339 e. The zero-order valence-corrected chi connectivity index (χ0v) is 11.6. The maximum absolute atomic E-state index is 11.7. The van der Waals surface area contributed by atoms with Crippen LogP contribution in [0.15, 0.2) is 22.7 Å². The monoisotopic (exact) mass is 311 g/mol. The number of hydrogen-bond acceptors (Lipinski definition) is 3. The van der Waals surface area contributed by atoms with Crippen LogP contribution < -0.4 is 5.32 Å². The fourth-order valence-corrected chi connectivity index (χ4v) is 2.07. The number of esters is 1. The Morgan fingerprint density at radius 1 is 1.44 bits per heavy atom. The molecule has 0 spiro atoms. The zero-order chi connectivity index (χ0) is 13.1. The van der Waals surface area contributed by atoms with E-state index in [4.69, 9.17) is 0 Å². The second-order valence-electron chi connectivity index (χ2n) is 4.38. The van der Waals surface area contributed by atoms with Gasteiger partial charge in [0.1, 0.15) is 0 Å². The first-order chi connectivity index (χ1) is 8.60. The summed E-state index contributed by atoms with van der Waals surface area (Å²) in [6.07, 6.45) is 2.84. The molecule has 0 aromatic heterocycles. The summed E-state index contributed by atoms with van der Waals surface area (Å²) in [5, 5.41) is 2.79. The summed E-state index contributed by atoms with van der Waals surface area (Å²) in [6.45, 7) is 0. The SMILES string of the molecule is COC(=O)c1cc(NC(=O)CC2CC2)ccc1Br. The van der Waals surface area contributed by atoms with Crippen molar-refractivity contribution in [2.24, 2.45) is 5.92 Å². The largest absolute Gasteiger partial charge is 0.465 e. The van der Waals surface area contributed by atoms with Gasteiger partial charge in [-0.15, -0.1) is 0 Å². The number of benzene rings is 1. The molecule has 18 heavy (non-hydrogen) atoms. The summed E-state index contributed by atoms with van der Waals surface area (Å²) < 4.78 is 5.32. The van der Waals surface area contributed by atoms with E-state index < -0.39 is 5.97 Å². The molecule has 2 rings (SSSR count). The van der Waals surface area contributed by atoms with Crippen LogP contribution in [0.5, 0.6) is 0 Å². The highest BCUT2D eigenvalue weighted by Gasteiger charge is 2.24. The van der Waals surface area contributed by atoms with Crippen LogP contribution in [-0.4, -0.2) is 19.0 Å². The average molecular weight is 312 g/mol. The topological polar surface area (TPSA) is 55.4 Å². The number of carbonyl (C=O) groups excluding carboxylic acids is 2. The summed E-state index contributed by atoms with van der Waals surface area (Å²) in [5.41, 5.74) is 1.02. The lowest BCUT2D eigenvalue weighted by Crippen LogP contribution is -2.12. The van der Waals surface area contributed by atoms with Crippen molar-refractivity contribution in [1.29, 1.82) is 0 Å². The van der Waals surface area contributed by atoms with Crippen LogP contribution in [0, 0.1) is 5.92 Å². The molecule has 1 amide bonds. The molecule has 1 aliphatic carbocycles. The Hall–Kier alpha value is -1.36. The summed E-state index contributed by atoms with van der Waals surface area (Å²) >= 11 is 3.27. The van der Waals surface area contributed by atoms with Crippen molar-refractivity contribution in [2.75, 3.05) is 12.4 Å². The van der Waals surface area contributed by atoms with E-state index in [1.54, 1.807) is 18.2 Å². The molecule has 1 aromatic rings. The predicted molar refractivity (Wildman–Crippen MR) is 71.5 cm³/mol. The lowest BCUT2D eigenvalue weighted by atomic mass is 10.2. The van der Waals surface area contributed by atoms with Crippen LogP contribution in [0.2, 0.25) is 0 Å². The van der Waals surface area contributed by atoms with Gasteiger partial charge in [-0.1, -0.05) is 0 Å². The summed E-state index contributed by atoms with van der Waals surface area (Å²) in [6, 6.07) is 5.08. The lowest BCUT2D eigenvalue weighted by Gasteiger charge is -2.08. The number of nitrogens with one attached hydrogen (secondary N) is 1. The first-order valence-electron chi connectivity index (χ1n) is 5.78. The third-order valence-corrected chi connectivity index (χ3v) is 3.52. The Morgan fingerprint density at radius 2 is 2.17 bits per heavy atom. The molecule has 5 heteroatoms. The minimum atomic E-state index is -0.430. The third-order valence-electron chi connectivity index (χ3n) is 2.83. The Morgan fingerprint density at radius 3 is 2.78 bits per heavy atom. The highest BCUT2D eigenvalue weighted by molar-refractivity contribution is 9.10. The van der Waals surface area contributed by atoms with Gasteiger partial charge in [0.2, 0.25) is 5.91 Å². The van der Waals surface area contributed by atoms with Gasteiger partial charge in [-0.3, -0.25) is 4.79 Å². The number of carbonyl (C=O) groups is 2. The van der Waals surface area contributed by atoms with Crippen molar-refractivity contribution >= 4 is 33.5 Å². The van der Waals surface area contributed by atoms with E-state index in [2.05, 4.69) is 26.0 Å². The quantitative estimate of drug-likeness (QED) is 0.870. The van der Waals surface area contributed by atoms with Crippen LogP contribution >= 0.6 is 15.9 Å². The molecule has 0 saturated heterocycles. The molecule has 0 bridgehead atoms. The number of rotatable bonds is 4. The van der Waals surface area contributed by atoms with Crippen LogP contribution in [0.3, 0.4) is 0 Å². The van der Waals surface area contributed by atoms with Gasteiger partial charge in [0.05, 0.1) is 12.7 Å². The molecule has 96 valence electrons. The van der Waals surface area contributed by atoms with Gasteiger partial charge in [0, 0.05) is 16.6 Å². The average Bonchev–Trinajstić information content (AvgIpc) is 3.14. The molecule has 1 aliphatic rings. The molecule has 0 radical (unpaired) electrons. The fraction of sp³-hybridized carbons (Fsp3) is 0.385. The maximum atomic E-state index is 11.7. The molecular weight excluding hydrogens is 298 g/mol. The molecule has 0 aliphatic heterocycles. The lowest BCUT2D eigenvalue weighted by molar-refractivity contribution is -0.116. The molecule has 4 nitrogen and oxygen atoms in total. The Kier molecular flexibility index (Phi) is 4.01. The minimum Gasteiger partial charge on any atom is -0.465 e. The van der Waals surface area contributed by atoms with E-state index in [1.807, 2.05) is 0 Å². The number of anilines is 1. The van der Waals surface area contributed by atoms with Gasteiger partial charge >= 0.3 is 5.97 Å². The van der Waals surface area contributed by atoms with Crippen molar-refractivity contribution < 1.29 is 14.3 Å². The number of halogens is 1. The molecule has 1 N–H and O–H groups in total. The number of hydrogen-bond donors (Lipinski definition) is 1. The first kappa shape index (κ1) is 13.1. The molecule has 1 aromatic carbocycles. The normalized spacial score (nSPS) is 14.1. The predicted octanol–water partition coefficient (Wildman–Crippen LogP) is 2.97. The van der Waals surface area contributed by atoms with Crippen LogP contribution in [0.4, 0.5) is 5.69 Å². The standard InChI is InChI=1S/C13H14BrNO3/c1-18-13(17)10-7-9(4-5-11(10)14)15-12(16)6-8-2-3-8/h4-5,7-8H,2-3,6H2,1H3,(H,15,16). The van der Waals surface area contributed by atoms with Crippen molar-refractivity contribution in [1.82, 2.24) is 0 Å². The Bertz CT molecular complexity index is 483. The van der Waals surface area contributed by atoms with Crippen LogP contribution in [-0.2, 0) is 9.53 Å². The molecule has 0 heterocycles. The first-order valence-corrected chi connectivity index (χ1v) is 6.57. The van der Waals surface area contributed by atoms with Gasteiger partial charge in [-0.25, -0.2) is 4.79 Å². The molecule has 1 fully saturated rings. The zero-order valence-electron chi connectivity index (χ0n) is 10.0. The molecular formula is C13H14BrNO3. The molecule has 0 atom stereocenters. The van der Waals surface area contributed by atoms with Crippen molar-refractivity contribution in [2.45, 2.75) is 19.3 Å². The highest BCUT2D eigenvalue weighted by Crippen LogP contribution is 2.32. The summed E-state index contributed by atoms with van der Waals surface area (Å²) in [4.78, 5) is 23.2. The Labute approximate surface area is 114 Å². The van der Waals surface area contributed by atoms with E-state index in [-0.39, 0.29) is 5.91 Å². The van der Waals surface area contributed by atoms with Gasteiger partial charge in [0.25, 0.3) is 0 Å². The number of methoxy groups -OCH3 is 1. The number of ether oxygens (including phenoxy) is 1. The second-order valence-corrected chi connectivity index (χ2v) is 5.24. The highest BCUT2D eigenvalue weighted by atomic mass is 79.9. The fourth-order valence-electron chi connectivity index (χ4n) is 1.67. The molecule has 1 saturated carbocycles.